The van der Waals surface area contributed by atoms with Crippen molar-refractivity contribution in [1.29, 1.82) is 0 Å². The number of furan rings is 1. The molecule has 1 fully saturated rings. The van der Waals surface area contributed by atoms with E-state index in [-0.39, 0.29) is 11.7 Å². The summed E-state index contributed by atoms with van der Waals surface area (Å²) in [5.74, 6) is -0.0183. The molecule has 124 valence electrons. The van der Waals surface area contributed by atoms with Crippen LogP contribution in [0.2, 0.25) is 0 Å². The number of halogens is 2. The van der Waals surface area contributed by atoms with Gasteiger partial charge in [-0.1, -0.05) is 11.3 Å². The fraction of sp³-hybridized carbons (Fsp3) is 0.250. The van der Waals surface area contributed by atoms with Gasteiger partial charge in [-0.3, -0.25) is 4.79 Å². The predicted octanol–water partition coefficient (Wildman–Crippen LogP) is 3.75. The Labute approximate surface area is 149 Å². The maximum absolute atomic E-state index is 13.3. The first kappa shape index (κ1) is 15.6. The minimum Gasteiger partial charge on any atom is -0.444 e. The van der Waals surface area contributed by atoms with Crippen LogP contribution in [0.4, 0.5) is 9.52 Å². The van der Waals surface area contributed by atoms with Crippen molar-refractivity contribution in [3.8, 4) is 0 Å². The van der Waals surface area contributed by atoms with Crippen LogP contribution in [0, 0.1) is 5.82 Å². The topological polar surface area (TPSA) is 49.6 Å². The van der Waals surface area contributed by atoms with E-state index < -0.39 is 0 Å². The number of rotatable bonds is 2. The van der Waals surface area contributed by atoms with Crippen LogP contribution in [0.25, 0.3) is 10.2 Å². The van der Waals surface area contributed by atoms with Crippen molar-refractivity contribution >= 4 is 48.5 Å². The highest BCUT2D eigenvalue weighted by molar-refractivity contribution is 9.10. The molecule has 0 radical (unpaired) electrons. The molecule has 5 nitrogen and oxygen atoms in total. The maximum atomic E-state index is 13.3. The highest BCUT2D eigenvalue weighted by Gasteiger charge is 2.25. The molecule has 0 spiro atoms. The van der Waals surface area contributed by atoms with Gasteiger partial charge in [-0.2, -0.15) is 0 Å². The van der Waals surface area contributed by atoms with Crippen LogP contribution >= 0.6 is 27.3 Å². The molecule has 3 heterocycles. The number of carbonyl (C=O) groups is 1. The van der Waals surface area contributed by atoms with Gasteiger partial charge in [0.2, 0.25) is 0 Å². The third kappa shape index (κ3) is 2.91. The summed E-state index contributed by atoms with van der Waals surface area (Å²) in [7, 11) is 0. The average molecular weight is 410 g/mol. The van der Waals surface area contributed by atoms with Gasteiger partial charge in [0.25, 0.3) is 5.91 Å². The first-order valence-electron chi connectivity index (χ1n) is 7.46. The van der Waals surface area contributed by atoms with Gasteiger partial charge in [0, 0.05) is 26.2 Å². The normalized spacial score (nSPS) is 15.2. The number of nitrogens with zero attached hydrogens (tertiary/aromatic N) is 3. The van der Waals surface area contributed by atoms with E-state index in [4.69, 9.17) is 4.42 Å². The first-order valence-corrected chi connectivity index (χ1v) is 9.07. The Balaban J connectivity index is 1.46. The number of aromatic nitrogens is 1. The second-order valence-corrected chi connectivity index (χ2v) is 7.28. The van der Waals surface area contributed by atoms with Crippen LogP contribution < -0.4 is 4.90 Å². The van der Waals surface area contributed by atoms with Crippen molar-refractivity contribution in [3.05, 3.63) is 46.6 Å². The van der Waals surface area contributed by atoms with Crippen molar-refractivity contribution in [2.24, 2.45) is 0 Å². The van der Waals surface area contributed by atoms with Gasteiger partial charge < -0.3 is 14.2 Å². The minimum atomic E-state index is -0.252. The molecule has 1 aliphatic heterocycles. The summed E-state index contributed by atoms with van der Waals surface area (Å²) < 4.78 is 20.0. The monoisotopic (exact) mass is 409 g/mol. The van der Waals surface area contributed by atoms with Crippen molar-refractivity contribution in [2.75, 3.05) is 31.1 Å². The van der Waals surface area contributed by atoms with E-state index in [1.165, 1.54) is 23.5 Å². The summed E-state index contributed by atoms with van der Waals surface area (Å²) in [5.41, 5.74) is 0.801. The van der Waals surface area contributed by atoms with Crippen LogP contribution in [0.1, 0.15) is 10.6 Å². The third-order valence-electron chi connectivity index (χ3n) is 3.96. The number of hydrogen-bond donors (Lipinski definition) is 0. The molecular formula is C16H13BrFN3O2S. The standard InChI is InChI=1S/C16H13BrFN3O2S/c17-14-4-3-12(23-14)15(22)20-5-7-21(8-6-20)16-19-11-2-1-10(18)9-13(11)24-16/h1-4,9H,5-8H2. The number of benzene rings is 1. The molecule has 2 aromatic heterocycles. The number of hydrogen-bond acceptors (Lipinski definition) is 5. The number of fused-ring (bicyclic) bond motifs is 1. The molecule has 24 heavy (non-hydrogen) atoms. The van der Waals surface area contributed by atoms with Crippen molar-refractivity contribution in [3.63, 3.8) is 0 Å². The molecule has 3 aromatic rings. The molecule has 0 unspecified atom stereocenters. The van der Waals surface area contributed by atoms with E-state index in [0.717, 1.165) is 15.3 Å². The van der Waals surface area contributed by atoms with Crippen LogP contribution in [-0.4, -0.2) is 42.0 Å². The van der Waals surface area contributed by atoms with Crippen LogP contribution in [-0.2, 0) is 0 Å². The summed E-state index contributed by atoms with van der Waals surface area (Å²) in [6.45, 7) is 2.58. The summed E-state index contributed by atoms with van der Waals surface area (Å²) in [5, 5.41) is 0.864. The van der Waals surface area contributed by atoms with E-state index in [1.807, 2.05) is 0 Å². The Kier molecular flexibility index (Phi) is 4.01. The first-order chi connectivity index (χ1) is 11.6. The van der Waals surface area contributed by atoms with E-state index in [2.05, 4.69) is 25.8 Å². The van der Waals surface area contributed by atoms with Gasteiger partial charge >= 0.3 is 0 Å². The average Bonchev–Trinajstić information content (AvgIpc) is 3.20. The lowest BCUT2D eigenvalue weighted by molar-refractivity contribution is 0.0713. The molecular weight excluding hydrogens is 397 g/mol. The van der Waals surface area contributed by atoms with Crippen molar-refractivity contribution in [2.45, 2.75) is 0 Å². The smallest absolute Gasteiger partial charge is 0.289 e. The fourth-order valence-corrected chi connectivity index (χ4v) is 4.06. The molecule has 0 bridgehead atoms. The quantitative estimate of drug-likeness (QED) is 0.646. The van der Waals surface area contributed by atoms with Gasteiger partial charge in [0.1, 0.15) is 5.82 Å². The molecule has 0 saturated carbocycles. The minimum absolute atomic E-state index is 0.105. The van der Waals surface area contributed by atoms with E-state index >= 15 is 0 Å². The van der Waals surface area contributed by atoms with Gasteiger partial charge in [-0.15, -0.1) is 0 Å². The Morgan fingerprint density at radius 3 is 2.71 bits per heavy atom. The van der Waals surface area contributed by atoms with Gasteiger partial charge in [-0.05, 0) is 46.3 Å². The maximum Gasteiger partial charge on any atom is 0.289 e. The highest BCUT2D eigenvalue weighted by Crippen LogP contribution is 2.30. The summed E-state index contributed by atoms with van der Waals surface area (Å²) in [4.78, 5) is 20.8. The Morgan fingerprint density at radius 1 is 1.21 bits per heavy atom. The van der Waals surface area contributed by atoms with Crippen molar-refractivity contribution < 1.29 is 13.6 Å². The summed E-state index contributed by atoms with van der Waals surface area (Å²) in [6.07, 6.45) is 0. The van der Waals surface area contributed by atoms with Crippen molar-refractivity contribution in [1.82, 2.24) is 9.88 Å². The predicted molar refractivity (Wildman–Crippen MR) is 94.1 cm³/mol. The molecule has 4 rings (SSSR count). The van der Waals surface area contributed by atoms with Crippen LogP contribution in [0.5, 0.6) is 0 Å². The van der Waals surface area contributed by atoms with E-state index in [1.54, 1.807) is 23.1 Å². The number of anilines is 1. The molecule has 1 amide bonds. The zero-order valence-electron chi connectivity index (χ0n) is 12.5. The van der Waals surface area contributed by atoms with Crippen LogP contribution in [0.15, 0.2) is 39.4 Å². The highest BCUT2D eigenvalue weighted by atomic mass is 79.9. The number of carbonyl (C=O) groups excluding carboxylic acids is 1. The molecule has 8 heteroatoms. The number of piperazine rings is 1. The Bertz CT molecular complexity index is 902. The Hall–Kier alpha value is -1.93. The zero-order chi connectivity index (χ0) is 16.7. The molecule has 1 saturated heterocycles. The van der Waals surface area contributed by atoms with Crippen LogP contribution in [0.3, 0.4) is 0 Å². The summed E-state index contributed by atoms with van der Waals surface area (Å²) in [6, 6.07) is 8.00. The van der Waals surface area contributed by atoms with Gasteiger partial charge in [0.05, 0.1) is 10.2 Å². The number of thiazole rings is 1. The second-order valence-electron chi connectivity index (χ2n) is 5.49. The lowest BCUT2D eigenvalue weighted by Gasteiger charge is -2.34. The van der Waals surface area contributed by atoms with Gasteiger partial charge in [-0.25, -0.2) is 9.37 Å². The van der Waals surface area contributed by atoms with Gasteiger partial charge in [0.15, 0.2) is 15.6 Å². The molecule has 1 aromatic carbocycles. The number of amides is 1. The third-order valence-corrected chi connectivity index (χ3v) is 5.47. The Morgan fingerprint density at radius 2 is 2.00 bits per heavy atom. The largest absolute Gasteiger partial charge is 0.444 e. The lowest BCUT2D eigenvalue weighted by Crippen LogP contribution is -2.48. The SMILES string of the molecule is O=C(c1ccc(Br)o1)N1CCN(c2nc3ccc(F)cc3s2)CC1. The fourth-order valence-electron chi connectivity index (χ4n) is 2.71. The van der Waals surface area contributed by atoms with E-state index in [9.17, 15) is 9.18 Å². The second kappa shape index (κ2) is 6.18. The lowest BCUT2D eigenvalue weighted by atomic mass is 10.3. The molecule has 0 aliphatic carbocycles. The molecule has 0 atom stereocenters. The van der Waals surface area contributed by atoms with E-state index in [0.29, 0.717) is 36.6 Å². The molecule has 1 aliphatic rings. The zero-order valence-corrected chi connectivity index (χ0v) is 14.9. The molecule has 0 N–H and O–H groups in total. The summed E-state index contributed by atoms with van der Waals surface area (Å²) >= 11 is 4.68.